The molecule has 1 aliphatic heterocycles. The fraction of sp³-hybridized carbons (Fsp3) is 0.250. The van der Waals surface area contributed by atoms with Crippen molar-refractivity contribution >= 4 is 29.1 Å². The first-order valence-electron chi connectivity index (χ1n) is 11.7. The summed E-state index contributed by atoms with van der Waals surface area (Å²) in [6.07, 6.45) is -2.55. The van der Waals surface area contributed by atoms with E-state index in [2.05, 4.69) is 5.32 Å². The number of amides is 3. The second-order valence-electron chi connectivity index (χ2n) is 9.19. The third-order valence-corrected chi connectivity index (χ3v) is 7.06. The minimum absolute atomic E-state index is 0.108. The molecule has 0 spiro atoms. The van der Waals surface area contributed by atoms with Crippen molar-refractivity contribution in [2.24, 2.45) is 11.8 Å². The molecule has 3 aromatic carbocycles. The molecule has 2 aliphatic rings. The number of benzene rings is 3. The summed E-state index contributed by atoms with van der Waals surface area (Å²) < 4.78 is 39.7. The Morgan fingerprint density at radius 3 is 2.14 bits per heavy atom. The molecule has 1 N–H and O–H groups in total. The Kier molecular flexibility index (Phi) is 6.12. The highest BCUT2D eigenvalue weighted by Gasteiger charge is 2.50. The number of anilines is 2. The number of para-hydroxylation sites is 1. The Morgan fingerprint density at radius 2 is 1.44 bits per heavy atom. The van der Waals surface area contributed by atoms with Crippen molar-refractivity contribution in [1.29, 1.82) is 0 Å². The molecule has 1 saturated carbocycles. The summed E-state index contributed by atoms with van der Waals surface area (Å²) in [4.78, 5) is 40.1. The number of carbonyl (C=O) groups excluding carboxylic acids is 3. The molecule has 5 nitrogen and oxygen atoms in total. The van der Waals surface area contributed by atoms with Gasteiger partial charge in [-0.3, -0.25) is 19.3 Å². The molecule has 36 heavy (non-hydrogen) atoms. The van der Waals surface area contributed by atoms with Crippen molar-refractivity contribution in [3.05, 3.63) is 95.6 Å². The van der Waals surface area contributed by atoms with Gasteiger partial charge in [-0.1, -0.05) is 42.5 Å². The second kappa shape index (κ2) is 9.26. The van der Waals surface area contributed by atoms with Gasteiger partial charge in [0.2, 0.25) is 11.8 Å². The van der Waals surface area contributed by atoms with Crippen LogP contribution in [0.2, 0.25) is 0 Å². The van der Waals surface area contributed by atoms with E-state index in [-0.39, 0.29) is 34.9 Å². The largest absolute Gasteiger partial charge is 0.418 e. The molecule has 0 aromatic heterocycles. The quantitative estimate of drug-likeness (QED) is 0.452. The van der Waals surface area contributed by atoms with E-state index in [0.717, 1.165) is 18.1 Å². The summed E-state index contributed by atoms with van der Waals surface area (Å²) in [5.74, 6) is -1.75. The molecule has 3 amide bonds. The Hall–Kier alpha value is -3.94. The number of halogens is 3. The predicted molar refractivity (Wildman–Crippen MR) is 128 cm³/mol. The number of rotatable bonds is 4. The van der Waals surface area contributed by atoms with Crippen LogP contribution >= 0.6 is 0 Å². The van der Waals surface area contributed by atoms with Gasteiger partial charge in [-0.25, -0.2) is 0 Å². The first-order valence-corrected chi connectivity index (χ1v) is 11.7. The maximum Gasteiger partial charge on any atom is 0.418 e. The summed E-state index contributed by atoms with van der Waals surface area (Å²) >= 11 is 0. The minimum atomic E-state index is -4.61. The van der Waals surface area contributed by atoms with E-state index in [1.165, 1.54) is 47.4 Å². The predicted octanol–water partition coefficient (Wildman–Crippen LogP) is 6.03. The average molecular weight is 492 g/mol. The van der Waals surface area contributed by atoms with Crippen LogP contribution < -0.4 is 10.2 Å². The number of imide groups is 1. The highest BCUT2D eigenvalue weighted by Crippen LogP contribution is 2.45. The standard InChI is InChI=1S/C28H23F3N2O3/c29-28(30,31)23-8-4-5-9-24(23)32-25(34)18-10-13-20(14-11-18)33-26(35)21-15-12-19(16-22(21)27(33)36)17-6-2-1-3-7-17/h1-11,13-14,19,21-22H,12,15-16H2,(H,32,34). The molecule has 0 radical (unpaired) electrons. The monoisotopic (exact) mass is 492 g/mol. The third-order valence-electron chi connectivity index (χ3n) is 7.06. The van der Waals surface area contributed by atoms with Gasteiger partial charge >= 0.3 is 6.18 Å². The van der Waals surface area contributed by atoms with Crippen LogP contribution in [0.1, 0.15) is 46.7 Å². The smallest absolute Gasteiger partial charge is 0.321 e. The molecule has 0 bridgehead atoms. The van der Waals surface area contributed by atoms with Crippen molar-refractivity contribution < 1.29 is 27.6 Å². The van der Waals surface area contributed by atoms with Crippen LogP contribution in [0.3, 0.4) is 0 Å². The van der Waals surface area contributed by atoms with Gasteiger partial charge in [0.25, 0.3) is 5.91 Å². The van der Waals surface area contributed by atoms with E-state index >= 15 is 0 Å². The summed E-state index contributed by atoms with van der Waals surface area (Å²) in [7, 11) is 0. The summed E-state index contributed by atoms with van der Waals surface area (Å²) in [5.41, 5.74) is 0.331. The minimum Gasteiger partial charge on any atom is -0.321 e. The van der Waals surface area contributed by atoms with Crippen molar-refractivity contribution in [3.63, 3.8) is 0 Å². The summed E-state index contributed by atoms with van der Waals surface area (Å²) in [6.45, 7) is 0. The lowest BCUT2D eigenvalue weighted by Crippen LogP contribution is -2.30. The zero-order valence-electron chi connectivity index (χ0n) is 19.2. The van der Waals surface area contributed by atoms with Gasteiger partial charge in [0, 0.05) is 5.56 Å². The topological polar surface area (TPSA) is 66.5 Å². The maximum atomic E-state index is 13.2. The zero-order chi connectivity index (χ0) is 25.4. The lowest BCUT2D eigenvalue weighted by atomic mass is 9.73. The molecule has 5 rings (SSSR count). The van der Waals surface area contributed by atoms with Gasteiger partial charge in [-0.2, -0.15) is 13.2 Å². The van der Waals surface area contributed by atoms with E-state index in [4.69, 9.17) is 0 Å². The lowest BCUT2D eigenvalue weighted by Gasteiger charge is -2.28. The number of fused-ring (bicyclic) bond motifs is 1. The zero-order valence-corrected chi connectivity index (χ0v) is 19.2. The number of carbonyl (C=O) groups is 3. The SMILES string of the molecule is O=C(Nc1ccccc1C(F)(F)F)c1ccc(N2C(=O)C3CCC(c4ccccc4)CC3C2=O)cc1. The van der Waals surface area contributed by atoms with Crippen LogP contribution in [0.5, 0.6) is 0 Å². The van der Waals surface area contributed by atoms with Gasteiger partial charge in [0.15, 0.2) is 0 Å². The maximum absolute atomic E-state index is 13.2. The van der Waals surface area contributed by atoms with Crippen molar-refractivity contribution in [1.82, 2.24) is 0 Å². The van der Waals surface area contributed by atoms with Crippen molar-refractivity contribution in [2.75, 3.05) is 10.2 Å². The number of nitrogens with one attached hydrogen (secondary N) is 1. The fourth-order valence-electron chi connectivity index (χ4n) is 5.26. The van der Waals surface area contributed by atoms with Gasteiger partial charge in [0.1, 0.15) is 0 Å². The normalized spacial score (nSPS) is 21.9. The Labute approximate surface area is 205 Å². The van der Waals surface area contributed by atoms with Crippen LogP contribution in [0.25, 0.3) is 0 Å². The fourth-order valence-corrected chi connectivity index (χ4v) is 5.26. The van der Waals surface area contributed by atoms with Crippen LogP contribution in [0, 0.1) is 11.8 Å². The Bertz CT molecular complexity index is 1310. The molecule has 1 heterocycles. The van der Waals surface area contributed by atoms with Gasteiger partial charge in [-0.15, -0.1) is 0 Å². The van der Waals surface area contributed by atoms with Crippen molar-refractivity contribution in [2.45, 2.75) is 31.4 Å². The Morgan fingerprint density at radius 1 is 0.806 bits per heavy atom. The first kappa shape index (κ1) is 23.8. The first-order chi connectivity index (χ1) is 17.2. The molecule has 2 fully saturated rings. The molecule has 3 unspecified atom stereocenters. The van der Waals surface area contributed by atoms with Gasteiger partial charge in [0.05, 0.1) is 28.8 Å². The molecule has 3 atom stereocenters. The molecule has 1 aliphatic carbocycles. The van der Waals surface area contributed by atoms with Gasteiger partial charge < -0.3 is 5.32 Å². The van der Waals surface area contributed by atoms with E-state index in [0.29, 0.717) is 18.5 Å². The highest BCUT2D eigenvalue weighted by molar-refractivity contribution is 6.22. The van der Waals surface area contributed by atoms with Crippen LogP contribution in [-0.2, 0) is 15.8 Å². The molecule has 3 aromatic rings. The Balaban J connectivity index is 1.31. The van der Waals surface area contributed by atoms with E-state index in [1.807, 2.05) is 30.3 Å². The lowest BCUT2D eigenvalue weighted by molar-refractivity contribution is -0.137. The molecular weight excluding hydrogens is 469 g/mol. The summed E-state index contributed by atoms with van der Waals surface area (Å²) in [5, 5.41) is 2.29. The van der Waals surface area contributed by atoms with Crippen molar-refractivity contribution in [3.8, 4) is 0 Å². The number of hydrogen-bond donors (Lipinski definition) is 1. The number of hydrogen-bond acceptors (Lipinski definition) is 3. The van der Waals surface area contributed by atoms with Crippen LogP contribution in [0.15, 0.2) is 78.9 Å². The van der Waals surface area contributed by atoms with Crippen LogP contribution in [0.4, 0.5) is 24.5 Å². The molecule has 8 heteroatoms. The highest BCUT2D eigenvalue weighted by atomic mass is 19.4. The number of alkyl halides is 3. The number of nitrogens with zero attached hydrogens (tertiary/aromatic N) is 1. The molecule has 184 valence electrons. The molecular formula is C28H23F3N2O3. The average Bonchev–Trinajstić information content (AvgIpc) is 3.13. The third kappa shape index (κ3) is 4.39. The summed E-state index contributed by atoms with van der Waals surface area (Å²) in [6, 6.07) is 20.4. The molecule has 1 saturated heterocycles. The van der Waals surface area contributed by atoms with E-state index in [9.17, 15) is 27.6 Å². The van der Waals surface area contributed by atoms with Gasteiger partial charge in [-0.05, 0) is 67.1 Å². The van der Waals surface area contributed by atoms with E-state index in [1.54, 1.807) is 0 Å². The second-order valence-corrected chi connectivity index (χ2v) is 9.19. The van der Waals surface area contributed by atoms with Crippen LogP contribution in [-0.4, -0.2) is 17.7 Å². The van der Waals surface area contributed by atoms with E-state index < -0.39 is 23.6 Å².